The second kappa shape index (κ2) is 5.07. The summed E-state index contributed by atoms with van der Waals surface area (Å²) in [7, 11) is -1.82. The fraction of sp³-hybridized carbons (Fsp3) is 1.00. The lowest BCUT2D eigenvalue weighted by atomic mass is 10.2. The van der Waals surface area contributed by atoms with Crippen LogP contribution in [0.5, 0.6) is 0 Å². The van der Waals surface area contributed by atoms with Crippen LogP contribution in [0.2, 0.25) is 0 Å². The predicted octanol–water partition coefficient (Wildman–Crippen LogP) is 3.68. The van der Waals surface area contributed by atoms with Crippen molar-refractivity contribution in [1.29, 1.82) is 0 Å². The van der Waals surface area contributed by atoms with Crippen LogP contribution in [0.15, 0.2) is 0 Å². The molecule has 0 amide bonds. The maximum absolute atomic E-state index is 12.0. The van der Waals surface area contributed by atoms with E-state index in [0.717, 1.165) is 18.7 Å². The van der Waals surface area contributed by atoms with Crippen molar-refractivity contribution in [3.63, 3.8) is 0 Å². The van der Waals surface area contributed by atoms with Crippen LogP contribution in [0.3, 0.4) is 0 Å². The lowest BCUT2D eigenvalue weighted by Crippen LogP contribution is -2.06. The molecule has 0 saturated heterocycles. The molecule has 0 aromatic rings. The summed E-state index contributed by atoms with van der Waals surface area (Å²) in [6.07, 6.45) is 2.99. The van der Waals surface area contributed by atoms with Crippen LogP contribution in [0.1, 0.15) is 34.1 Å². The van der Waals surface area contributed by atoms with E-state index in [0.29, 0.717) is 11.8 Å². The van der Waals surface area contributed by atoms with E-state index in [1.54, 1.807) is 0 Å². The maximum Gasteiger partial charge on any atom is 0.0853 e. The number of hydrogen-bond donors (Lipinski definition) is 0. The lowest BCUT2D eigenvalue weighted by molar-refractivity contribution is 0.549. The van der Waals surface area contributed by atoms with Crippen LogP contribution >= 0.6 is 7.14 Å². The molecule has 0 N–H and O–H groups in total. The second-order valence-corrected chi connectivity index (χ2v) is 7.89. The average molecular weight is 190 g/mol. The van der Waals surface area contributed by atoms with Gasteiger partial charge in [0.1, 0.15) is 0 Å². The first-order valence-corrected chi connectivity index (χ1v) is 7.45. The molecular weight excluding hydrogens is 167 g/mol. The van der Waals surface area contributed by atoms with Crippen molar-refractivity contribution >= 4 is 7.14 Å². The smallest absolute Gasteiger partial charge is 0.0853 e. The van der Waals surface area contributed by atoms with Crippen molar-refractivity contribution in [3.8, 4) is 0 Å². The maximum atomic E-state index is 12.0. The molecule has 2 heteroatoms. The first kappa shape index (κ1) is 12.2. The van der Waals surface area contributed by atoms with Crippen LogP contribution in [0, 0.1) is 11.8 Å². The Hall–Kier alpha value is 0.230. The molecule has 0 radical (unpaired) electrons. The molecule has 0 unspecified atom stereocenters. The fourth-order valence-electron chi connectivity index (χ4n) is 1.64. The van der Waals surface area contributed by atoms with E-state index in [9.17, 15) is 4.57 Å². The van der Waals surface area contributed by atoms with Gasteiger partial charge in [-0.1, -0.05) is 34.1 Å². The van der Waals surface area contributed by atoms with Crippen LogP contribution in [-0.2, 0) is 4.57 Å². The molecule has 0 aromatic heterocycles. The summed E-state index contributed by atoms with van der Waals surface area (Å²) >= 11 is 0. The third-order valence-corrected chi connectivity index (χ3v) is 5.04. The fourth-order valence-corrected chi connectivity index (χ4v) is 4.91. The first-order chi connectivity index (χ1) is 5.37. The lowest BCUT2D eigenvalue weighted by Gasteiger charge is -2.18. The predicted molar refractivity (Wildman–Crippen MR) is 57.6 cm³/mol. The Morgan fingerprint density at radius 1 is 1.17 bits per heavy atom. The third-order valence-electron chi connectivity index (χ3n) is 2.15. The zero-order valence-electron chi connectivity index (χ0n) is 9.13. The van der Waals surface area contributed by atoms with E-state index in [-0.39, 0.29) is 0 Å². The van der Waals surface area contributed by atoms with Crippen molar-refractivity contribution in [2.45, 2.75) is 34.1 Å². The number of rotatable bonds is 5. The summed E-state index contributed by atoms with van der Waals surface area (Å²) in [4.78, 5) is 0. The molecule has 0 bridgehead atoms. The highest BCUT2D eigenvalue weighted by molar-refractivity contribution is 7.63. The molecule has 0 fully saturated rings. The first-order valence-electron chi connectivity index (χ1n) is 4.93. The highest BCUT2D eigenvalue weighted by atomic mass is 31.2. The average Bonchev–Trinajstić information content (AvgIpc) is 1.83. The summed E-state index contributed by atoms with van der Waals surface area (Å²) in [5.41, 5.74) is 0. The Kier molecular flexibility index (Phi) is 5.16. The Balaban J connectivity index is 3.95. The summed E-state index contributed by atoms with van der Waals surface area (Å²) in [5, 5.41) is 0. The van der Waals surface area contributed by atoms with Gasteiger partial charge in [-0.15, -0.1) is 0 Å². The van der Waals surface area contributed by atoms with Crippen LogP contribution in [0.4, 0.5) is 0 Å². The van der Waals surface area contributed by atoms with Crippen molar-refractivity contribution in [2.24, 2.45) is 11.8 Å². The van der Waals surface area contributed by atoms with Gasteiger partial charge in [-0.25, -0.2) is 0 Å². The molecular formula is C10H23OP. The SMILES string of the molecule is CC[C@H](C)C[P@@](C)(=O)CC(C)C. The Morgan fingerprint density at radius 2 is 1.67 bits per heavy atom. The topological polar surface area (TPSA) is 17.1 Å². The van der Waals surface area contributed by atoms with E-state index in [4.69, 9.17) is 0 Å². The molecule has 0 aromatic carbocycles. The third kappa shape index (κ3) is 5.83. The van der Waals surface area contributed by atoms with Crippen LogP contribution in [0.25, 0.3) is 0 Å². The van der Waals surface area contributed by atoms with Gasteiger partial charge in [0, 0.05) is 12.3 Å². The summed E-state index contributed by atoms with van der Waals surface area (Å²) in [6.45, 7) is 10.6. The molecule has 0 rings (SSSR count). The van der Waals surface area contributed by atoms with Gasteiger partial charge < -0.3 is 4.57 Å². The van der Waals surface area contributed by atoms with E-state index in [1.807, 2.05) is 6.66 Å². The van der Waals surface area contributed by atoms with Crippen molar-refractivity contribution < 1.29 is 4.57 Å². The molecule has 74 valence electrons. The van der Waals surface area contributed by atoms with Crippen LogP contribution in [-0.4, -0.2) is 19.0 Å². The molecule has 1 nitrogen and oxygen atoms in total. The summed E-state index contributed by atoms with van der Waals surface area (Å²) in [6, 6.07) is 0. The van der Waals surface area contributed by atoms with Crippen molar-refractivity contribution in [3.05, 3.63) is 0 Å². The van der Waals surface area contributed by atoms with Gasteiger partial charge in [-0.2, -0.15) is 0 Å². The molecule has 2 atom stereocenters. The van der Waals surface area contributed by atoms with Gasteiger partial charge in [-0.3, -0.25) is 0 Å². The standard InChI is InChI=1S/C10H23OP/c1-6-10(4)8-12(5,11)7-9(2)3/h9-10H,6-8H2,1-5H3/t10-,12-/m0/s1. The largest absolute Gasteiger partial charge is 0.324 e. The minimum Gasteiger partial charge on any atom is -0.324 e. The molecule has 0 spiro atoms. The van der Waals surface area contributed by atoms with Gasteiger partial charge in [0.2, 0.25) is 0 Å². The van der Waals surface area contributed by atoms with Gasteiger partial charge in [0.15, 0.2) is 0 Å². The Labute approximate surface area is 77.3 Å². The summed E-state index contributed by atoms with van der Waals surface area (Å²) < 4.78 is 12.0. The van der Waals surface area contributed by atoms with E-state index >= 15 is 0 Å². The monoisotopic (exact) mass is 190 g/mol. The number of hydrogen-bond acceptors (Lipinski definition) is 1. The Bertz CT molecular complexity index is 163. The van der Waals surface area contributed by atoms with Gasteiger partial charge in [-0.05, 0) is 18.5 Å². The Morgan fingerprint density at radius 3 is 2.00 bits per heavy atom. The van der Waals surface area contributed by atoms with Crippen molar-refractivity contribution in [1.82, 2.24) is 0 Å². The molecule has 0 saturated carbocycles. The molecule has 0 aliphatic rings. The highest BCUT2D eigenvalue weighted by Gasteiger charge is 2.19. The van der Waals surface area contributed by atoms with Crippen molar-refractivity contribution in [2.75, 3.05) is 19.0 Å². The van der Waals surface area contributed by atoms with Gasteiger partial charge in [0.05, 0.1) is 7.14 Å². The van der Waals surface area contributed by atoms with E-state index in [2.05, 4.69) is 27.7 Å². The quantitative estimate of drug-likeness (QED) is 0.604. The van der Waals surface area contributed by atoms with E-state index in [1.165, 1.54) is 0 Å². The molecule has 0 aliphatic heterocycles. The molecule has 0 heterocycles. The minimum absolute atomic E-state index is 0.574. The molecule has 12 heavy (non-hydrogen) atoms. The highest BCUT2D eigenvalue weighted by Crippen LogP contribution is 2.45. The normalized spacial score (nSPS) is 19.2. The zero-order valence-corrected chi connectivity index (χ0v) is 10.0. The van der Waals surface area contributed by atoms with Gasteiger partial charge >= 0.3 is 0 Å². The second-order valence-electron chi connectivity index (χ2n) is 4.57. The molecule has 0 aliphatic carbocycles. The minimum atomic E-state index is -1.82. The van der Waals surface area contributed by atoms with E-state index < -0.39 is 7.14 Å². The zero-order chi connectivity index (χ0) is 9.78. The van der Waals surface area contributed by atoms with Gasteiger partial charge in [0.25, 0.3) is 0 Å². The van der Waals surface area contributed by atoms with Crippen LogP contribution < -0.4 is 0 Å². The summed E-state index contributed by atoms with van der Waals surface area (Å²) in [5.74, 6) is 1.20.